The molecule has 0 atom stereocenters. The summed E-state index contributed by atoms with van der Waals surface area (Å²) in [7, 11) is 0. The van der Waals surface area contributed by atoms with Gasteiger partial charge in [0.1, 0.15) is 0 Å². The van der Waals surface area contributed by atoms with E-state index in [1.807, 2.05) is 80.4 Å². The zero-order valence-electron chi connectivity index (χ0n) is 28.9. The molecule has 0 amide bonds. The Morgan fingerprint density at radius 2 is 0.809 bits per heavy atom. The fourth-order valence-corrected chi connectivity index (χ4v) is 15.0. The molecule has 0 bridgehead atoms. The second-order valence-corrected chi connectivity index (χ2v) is 45.0. The van der Waals surface area contributed by atoms with Gasteiger partial charge in [0.15, 0.2) is 0 Å². The predicted molar refractivity (Wildman–Crippen MR) is 230 cm³/mol. The van der Waals surface area contributed by atoms with E-state index < -0.39 is 26.8 Å². The molecule has 0 fully saturated rings. The van der Waals surface area contributed by atoms with Crippen LogP contribution in [0.2, 0.25) is 46.8 Å². The first kappa shape index (κ1) is 43.8. The van der Waals surface area contributed by atoms with Crippen molar-refractivity contribution in [3.05, 3.63) is 106 Å². The SMILES string of the molecule is CC1=C(C)C([Si](Cl)(Cl)C(C)(C)C)C(C)=C1C.C[Si](Cl)(Cl)C1C=CC=C1.C[Si](Cl)(Cl)C1C=CC=C1.C[Si](Cl)(Cl)C1C=c2ccccc2=C1. The summed E-state index contributed by atoms with van der Waals surface area (Å²) in [5, 5.41) is 2.51. The van der Waals surface area contributed by atoms with Crippen molar-refractivity contribution in [2.24, 2.45) is 0 Å². The highest BCUT2D eigenvalue weighted by molar-refractivity contribution is 7.48. The summed E-state index contributed by atoms with van der Waals surface area (Å²) < 4.78 is 0. The third-order valence-electron chi connectivity index (χ3n) is 8.94. The van der Waals surface area contributed by atoms with Crippen molar-refractivity contribution < 1.29 is 0 Å². The standard InChI is InChI=1S/C13H22Cl2Si.C10H10Cl2Si.2C6H8Cl2Si/c1-8-9(2)11(4)12(10(8)3)16(14,15)13(5,6)7;1-13(11,12)10-6-8-4-2-3-5-9(8)7-10;2*1-9(7,8)6-4-2-3-5-6/h12H,1-7H3;2-7,10H,1H3;2*2-6H,1H3. The Kier molecular flexibility index (Phi) is 16.2. The number of rotatable bonds is 4. The zero-order valence-corrected chi connectivity index (χ0v) is 39.0. The Balaban J connectivity index is 0.000000224. The van der Waals surface area contributed by atoms with Crippen molar-refractivity contribution >= 4 is 128 Å². The summed E-state index contributed by atoms with van der Waals surface area (Å²) in [6.45, 7) is 12.6. The fourth-order valence-electron chi connectivity index (χ4n) is 5.41. The normalized spacial score (nSPS) is 18.8. The topological polar surface area (TPSA) is 0 Å². The molecule has 1 aromatic rings. The Morgan fingerprint density at radius 1 is 0.511 bits per heavy atom. The molecule has 47 heavy (non-hydrogen) atoms. The van der Waals surface area contributed by atoms with Crippen molar-refractivity contribution in [1.82, 2.24) is 0 Å². The Hall–Kier alpha value is 0.588. The molecule has 0 spiro atoms. The first-order valence-electron chi connectivity index (χ1n) is 15.6. The molecule has 0 aliphatic heterocycles. The van der Waals surface area contributed by atoms with Gasteiger partial charge in [0.25, 0.3) is 26.8 Å². The molecule has 12 heteroatoms. The van der Waals surface area contributed by atoms with Crippen LogP contribution in [0.3, 0.4) is 0 Å². The second kappa shape index (κ2) is 17.4. The molecule has 260 valence electrons. The van der Waals surface area contributed by atoms with Crippen molar-refractivity contribution in [2.75, 3.05) is 0 Å². The zero-order chi connectivity index (χ0) is 36.2. The summed E-state index contributed by atoms with van der Waals surface area (Å²) in [5.41, 5.74) is 6.70. The molecule has 5 rings (SSSR count). The van der Waals surface area contributed by atoms with Crippen LogP contribution in [-0.4, -0.2) is 26.8 Å². The Labute approximate surface area is 325 Å². The lowest BCUT2D eigenvalue weighted by atomic mass is 10.1. The first-order chi connectivity index (χ1) is 21.3. The lowest BCUT2D eigenvalue weighted by Crippen LogP contribution is -2.38. The molecule has 4 aliphatic carbocycles. The number of hydrogen-bond donors (Lipinski definition) is 0. The second-order valence-electron chi connectivity index (χ2n) is 13.9. The van der Waals surface area contributed by atoms with Crippen LogP contribution < -0.4 is 10.4 Å². The maximum atomic E-state index is 6.77. The monoisotopic (exact) mass is 860 g/mol. The summed E-state index contributed by atoms with van der Waals surface area (Å²) >= 11 is 49.7. The van der Waals surface area contributed by atoms with Crippen LogP contribution in [0.25, 0.3) is 12.2 Å². The molecule has 0 nitrogen and oxygen atoms in total. The van der Waals surface area contributed by atoms with Gasteiger partial charge in [0.2, 0.25) is 0 Å². The van der Waals surface area contributed by atoms with Gasteiger partial charge in [-0.2, -0.15) is 0 Å². The molecule has 0 radical (unpaired) electrons. The fraction of sp³-hybridized carbons (Fsp3) is 0.429. The van der Waals surface area contributed by atoms with E-state index in [2.05, 4.69) is 72.8 Å². The highest BCUT2D eigenvalue weighted by atomic mass is 35.7. The van der Waals surface area contributed by atoms with E-state index in [1.165, 1.54) is 32.7 Å². The van der Waals surface area contributed by atoms with Crippen molar-refractivity contribution in [2.45, 2.75) is 95.3 Å². The quantitative estimate of drug-likeness (QED) is 0.209. The number of halogens is 8. The summed E-state index contributed by atoms with van der Waals surface area (Å²) in [4.78, 5) is 0. The van der Waals surface area contributed by atoms with Crippen LogP contribution in [0.15, 0.2) is 95.2 Å². The van der Waals surface area contributed by atoms with E-state index in [-0.39, 0.29) is 16.1 Å². The molecule has 0 heterocycles. The predicted octanol–water partition coefficient (Wildman–Crippen LogP) is 14.0. The van der Waals surface area contributed by atoms with Crippen LogP contribution in [-0.2, 0) is 0 Å². The number of allylic oxidation sites excluding steroid dienone is 12. The van der Waals surface area contributed by atoms with Crippen molar-refractivity contribution in [3.63, 3.8) is 0 Å². The molecule has 0 unspecified atom stereocenters. The summed E-state index contributed by atoms with van der Waals surface area (Å²) in [6.07, 6.45) is 20.5. The van der Waals surface area contributed by atoms with E-state index in [0.717, 1.165) is 0 Å². The van der Waals surface area contributed by atoms with Gasteiger partial charge in [-0.25, -0.2) is 0 Å². The highest BCUT2D eigenvalue weighted by Crippen LogP contribution is 2.58. The maximum absolute atomic E-state index is 6.77. The molecule has 4 aliphatic rings. The van der Waals surface area contributed by atoms with E-state index >= 15 is 0 Å². The molecule has 0 saturated heterocycles. The minimum Gasteiger partial charge on any atom is -0.145 e. The smallest absolute Gasteiger partial charge is 0.145 e. The number of benzene rings is 1. The third kappa shape index (κ3) is 12.4. The highest BCUT2D eigenvalue weighted by Gasteiger charge is 2.52. The Morgan fingerprint density at radius 3 is 1.04 bits per heavy atom. The van der Waals surface area contributed by atoms with E-state index in [4.69, 9.17) is 88.6 Å². The lowest BCUT2D eigenvalue weighted by Gasteiger charge is -2.38. The summed E-state index contributed by atoms with van der Waals surface area (Å²) in [5.74, 6) is 0. The third-order valence-corrected chi connectivity index (χ3v) is 26.4. The molecule has 0 N–H and O–H groups in total. The van der Waals surface area contributed by atoms with E-state index in [9.17, 15) is 0 Å². The molecular weight excluding hydrogens is 816 g/mol. The molecular formula is C35H48Cl8Si4. The van der Waals surface area contributed by atoms with E-state index in [1.54, 1.807) is 0 Å². The average molecular weight is 865 g/mol. The van der Waals surface area contributed by atoms with Crippen LogP contribution in [0.4, 0.5) is 0 Å². The van der Waals surface area contributed by atoms with Crippen molar-refractivity contribution in [1.29, 1.82) is 0 Å². The number of fused-ring (bicyclic) bond motifs is 1. The van der Waals surface area contributed by atoms with Gasteiger partial charge in [0.05, 0.1) is 0 Å². The van der Waals surface area contributed by atoms with Crippen molar-refractivity contribution in [3.8, 4) is 0 Å². The minimum absolute atomic E-state index is 0.00576. The first-order valence-corrected chi connectivity index (χ1v) is 33.6. The molecule has 0 aromatic heterocycles. The van der Waals surface area contributed by atoms with Gasteiger partial charge in [-0.3, -0.25) is 0 Å². The van der Waals surface area contributed by atoms with Gasteiger partial charge >= 0.3 is 0 Å². The summed E-state index contributed by atoms with van der Waals surface area (Å²) in [6, 6.07) is 8.26. The van der Waals surface area contributed by atoms with Gasteiger partial charge in [0, 0.05) is 22.2 Å². The van der Waals surface area contributed by atoms with E-state index in [0.29, 0.717) is 11.1 Å². The Bertz CT molecular complexity index is 1440. The minimum atomic E-state index is -2.35. The van der Waals surface area contributed by atoms with Crippen LogP contribution in [0, 0.1) is 0 Å². The number of hydrogen-bond acceptors (Lipinski definition) is 0. The maximum Gasteiger partial charge on any atom is 0.267 e. The van der Waals surface area contributed by atoms with Gasteiger partial charge in [-0.15, -0.1) is 88.6 Å². The van der Waals surface area contributed by atoms with Gasteiger partial charge < -0.3 is 0 Å². The van der Waals surface area contributed by atoms with Crippen LogP contribution >= 0.6 is 88.6 Å². The average Bonchev–Trinajstić information content (AvgIpc) is 3.74. The van der Waals surface area contributed by atoms with Gasteiger partial charge in [-0.1, -0.05) is 117 Å². The largest absolute Gasteiger partial charge is 0.267 e. The lowest BCUT2D eigenvalue weighted by molar-refractivity contribution is 0.729. The molecule has 1 aromatic carbocycles. The van der Waals surface area contributed by atoms with Crippen LogP contribution in [0.1, 0.15) is 48.5 Å². The van der Waals surface area contributed by atoms with Crippen LogP contribution in [0.5, 0.6) is 0 Å². The molecule has 0 saturated carbocycles. The van der Waals surface area contributed by atoms with Gasteiger partial charge in [-0.05, 0) is 74.0 Å².